The lowest BCUT2D eigenvalue weighted by Crippen LogP contribution is -2.30. The molecule has 0 aromatic carbocycles. The molecule has 6 nitrogen and oxygen atoms in total. The van der Waals surface area contributed by atoms with Gasteiger partial charge in [0.25, 0.3) is 0 Å². The van der Waals surface area contributed by atoms with Crippen LogP contribution in [0.25, 0.3) is 0 Å². The van der Waals surface area contributed by atoms with Crippen LogP contribution < -0.4 is 0 Å². The van der Waals surface area contributed by atoms with Crippen molar-refractivity contribution in [2.75, 3.05) is 13.2 Å². The van der Waals surface area contributed by atoms with Gasteiger partial charge in [-0.2, -0.15) is 0 Å². The van der Waals surface area contributed by atoms with Gasteiger partial charge in [-0.3, -0.25) is 14.4 Å². The zero-order valence-electron chi connectivity index (χ0n) is 50.0. The third-order valence-corrected chi connectivity index (χ3v) is 13.8. The maximum atomic E-state index is 12.9. The first-order chi connectivity index (χ1) is 37.5. The Balaban J connectivity index is 4.34. The van der Waals surface area contributed by atoms with Crippen molar-refractivity contribution >= 4 is 17.9 Å². The average Bonchev–Trinajstić information content (AvgIpc) is 3.42. The fraction of sp³-hybridized carbons (Fsp3) is 0.729. The Morgan fingerprint density at radius 2 is 0.513 bits per heavy atom. The van der Waals surface area contributed by atoms with Crippen LogP contribution >= 0.6 is 0 Å². The van der Waals surface area contributed by atoms with Gasteiger partial charge in [-0.1, -0.05) is 291 Å². The molecule has 0 aromatic rings. The molecular formula is C70H120O6. The van der Waals surface area contributed by atoms with Crippen LogP contribution in [0, 0.1) is 0 Å². The highest BCUT2D eigenvalue weighted by Crippen LogP contribution is 2.17. The minimum Gasteiger partial charge on any atom is -0.462 e. The van der Waals surface area contributed by atoms with E-state index >= 15 is 0 Å². The van der Waals surface area contributed by atoms with Gasteiger partial charge >= 0.3 is 17.9 Å². The maximum absolute atomic E-state index is 12.9. The molecule has 0 aliphatic rings. The number of hydrogen-bond donors (Lipinski definition) is 0. The zero-order valence-corrected chi connectivity index (χ0v) is 50.0. The van der Waals surface area contributed by atoms with E-state index in [1.165, 1.54) is 148 Å². The third kappa shape index (κ3) is 61.2. The Morgan fingerprint density at radius 1 is 0.276 bits per heavy atom. The van der Waals surface area contributed by atoms with E-state index in [0.29, 0.717) is 19.3 Å². The SMILES string of the molecule is CC/C=C\C/C=C\C/C=C\C/C=C\CCCCCCCCCCCCCCC(=O)OCC(COC(=O)CCCCCCCCCCCCCCCC)OC(=O)CCCCCCCC/C=C\C/C=C\C/C=C\C/C=C\CC. The standard InChI is InChI=1S/C70H120O6/c1-4-7-10-13-16-19-22-25-28-30-32-33-34-35-36-37-39-40-42-45-48-51-54-57-60-63-69(72)75-66-67(65-74-68(71)62-59-56-53-50-47-44-27-24-21-18-15-12-9-6-3)76-70(73)64-61-58-55-52-49-46-43-41-38-31-29-26-23-20-17-14-11-8-5-2/h7-8,10-11,16-17,19-20,25-26,28-29,32-33,38,41,67H,4-6,9,12-15,18,21-24,27,30-31,34-37,39-40,42-66H2,1-3H3/b10-7-,11-8-,19-16-,20-17-,28-25-,29-26-,33-32-,41-38-. The lowest BCUT2D eigenvalue weighted by Gasteiger charge is -2.18. The Hall–Kier alpha value is -3.67. The molecule has 0 aliphatic heterocycles. The van der Waals surface area contributed by atoms with Crippen molar-refractivity contribution < 1.29 is 28.6 Å². The maximum Gasteiger partial charge on any atom is 0.306 e. The summed E-state index contributed by atoms with van der Waals surface area (Å²) in [5.41, 5.74) is 0. The molecular weight excluding hydrogens is 937 g/mol. The van der Waals surface area contributed by atoms with Crippen molar-refractivity contribution in [2.45, 2.75) is 316 Å². The van der Waals surface area contributed by atoms with E-state index in [2.05, 4.69) is 118 Å². The lowest BCUT2D eigenvalue weighted by atomic mass is 10.0. The number of rotatable bonds is 58. The molecule has 0 amide bonds. The van der Waals surface area contributed by atoms with Crippen LogP contribution in [-0.2, 0) is 28.6 Å². The average molecular weight is 1060 g/mol. The first-order valence-electron chi connectivity index (χ1n) is 32.2. The molecule has 0 saturated carbocycles. The van der Waals surface area contributed by atoms with Crippen LogP contribution in [-0.4, -0.2) is 37.2 Å². The van der Waals surface area contributed by atoms with Crippen molar-refractivity contribution in [3.05, 3.63) is 97.2 Å². The Kier molecular flexibility index (Phi) is 60.8. The zero-order chi connectivity index (χ0) is 55.0. The highest BCUT2D eigenvalue weighted by Gasteiger charge is 2.19. The topological polar surface area (TPSA) is 78.9 Å². The van der Waals surface area contributed by atoms with Crippen molar-refractivity contribution in [3.8, 4) is 0 Å². The molecule has 0 aliphatic carbocycles. The second-order valence-corrected chi connectivity index (χ2v) is 21.3. The molecule has 436 valence electrons. The molecule has 0 saturated heterocycles. The fourth-order valence-corrected chi connectivity index (χ4v) is 9.07. The first kappa shape index (κ1) is 72.3. The summed E-state index contributed by atoms with van der Waals surface area (Å²) in [6, 6.07) is 0. The van der Waals surface area contributed by atoms with Gasteiger partial charge in [-0.25, -0.2) is 0 Å². The summed E-state index contributed by atoms with van der Waals surface area (Å²) in [6.07, 6.45) is 85.5. The molecule has 0 fully saturated rings. The number of ether oxygens (including phenoxy) is 3. The molecule has 1 atom stereocenters. The third-order valence-electron chi connectivity index (χ3n) is 13.8. The largest absolute Gasteiger partial charge is 0.462 e. The van der Waals surface area contributed by atoms with E-state index in [9.17, 15) is 14.4 Å². The number of carbonyl (C=O) groups excluding carboxylic acids is 3. The Morgan fingerprint density at radius 3 is 0.803 bits per heavy atom. The van der Waals surface area contributed by atoms with E-state index in [4.69, 9.17) is 14.2 Å². The van der Waals surface area contributed by atoms with Gasteiger partial charge in [-0.15, -0.1) is 0 Å². The number of hydrogen-bond acceptors (Lipinski definition) is 6. The molecule has 76 heavy (non-hydrogen) atoms. The second kappa shape index (κ2) is 63.9. The van der Waals surface area contributed by atoms with E-state index in [1.54, 1.807) is 0 Å². The molecule has 0 rings (SSSR count). The van der Waals surface area contributed by atoms with Crippen molar-refractivity contribution in [1.82, 2.24) is 0 Å². The van der Waals surface area contributed by atoms with Crippen molar-refractivity contribution in [3.63, 3.8) is 0 Å². The highest BCUT2D eigenvalue weighted by atomic mass is 16.6. The number of allylic oxidation sites excluding steroid dienone is 16. The molecule has 6 heteroatoms. The van der Waals surface area contributed by atoms with Crippen LogP contribution in [0.2, 0.25) is 0 Å². The van der Waals surface area contributed by atoms with E-state index < -0.39 is 6.10 Å². The summed E-state index contributed by atoms with van der Waals surface area (Å²) < 4.78 is 16.9. The summed E-state index contributed by atoms with van der Waals surface area (Å²) in [5, 5.41) is 0. The minimum atomic E-state index is -0.786. The molecule has 0 N–H and O–H groups in total. The summed E-state index contributed by atoms with van der Waals surface area (Å²) in [4.78, 5) is 38.3. The van der Waals surface area contributed by atoms with Gasteiger partial charge in [0.15, 0.2) is 6.10 Å². The van der Waals surface area contributed by atoms with Crippen LogP contribution in [0.1, 0.15) is 310 Å². The van der Waals surface area contributed by atoms with Crippen LogP contribution in [0.15, 0.2) is 97.2 Å². The van der Waals surface area contributed by atoms with Gasteiger partial charge in [0.2, 0.25) is 0 Å². The van der Waals surface area contributed by atoms with E-state index in [-0.39, 0.29) is 31.1 Å². The summed E-state index contributed by atoms with van der Waals surface area (Å²) >= 11 is 0. The van der Waals surface area contributed by atoms with Gasteiger partial charge < -0.3 is 14.2 Å². The van der Waals surface area contributed by atoms with E-state index in [1.807, 2.05) is 0 Å². The van der Waals surface area contributed by atoms with Crippen LogP contribution in [0.5, 0.6) is 0 Å². The van der Waals surface area contributed by atoms with Gasteiger partial charge in [0.05, 0.1) is 0 Å². The summed E-state index contributed by atoms with van der Waals surface area (Å²) in [5.74, 6) is -0.885. The molecule has 0 aromatic heterocycles. The highest BCUT2D eigenvalue weighted by molar-refractivity contribution is 5.71. The van der Waals surface area contributed by atoms with Crippen molar-refractivity contribution in [2.24, 2.45) is 0 Å². The van der Waals surface area contributed by atoms with Gasteiger partial charge in [0.1, 0.15) is 13.2 Å². The second-order valence-electron chi connectivity index (χ2n) is 21.3. The quantitative estimate of drug-likeness (QED) is 0.0261. The molecule has 0 radical (unpaired) electrons. The van der Waals surface area contributed by atoms with Crippen LogP contribution in [0.3, 0.4) is 0 Å². The Labute approximate surface area is 470 Å². The predicted molar refractivity (Wildman–Crippen MR) is 330 cm³/mol. The number of carbonyl (C=O) groups is 3. The normalized spacial score (nSPS) is 12.7. The van der Waals surface area contributed by atoms with Crippen LogP contribution in [0.4, 0.5) is 0 Å². The molecule has 0 bridgehead atoms. The Bertz CT molecular complexity index is 1490. The van der Waals surface area contributed by atoms with Gasteiger partial charge in [0, 0.05) is 19.3 Å². The summed E-state index contributed by atoms with van der Waals surface area (Å²) in [6.45, 7) is 6.43. The van der Waals surface area contributed by atoms with Gasteiger partial charge in [-0.05, 0) is 96.3 Å². The fourth-order valence-electron chi connectivity index (χ4n) is 9.07. The first-order valence-corrected chi connectivity index (χ1v) is 32.2. The minimum absolute atomic E-state index is 0.0809. The van der Waals surface area contributed by atoms with Crippen molar-refractivity contribution in [1.29, 1.82) is 0 Å². The summed E-state index contributed by atoms with van der Waals surface area (Å²) in [7, 11) is 0. The number of unbranched alkanes of at least 4 members (excludes halogenated alkanes) is 31. The number of esters is 3. The predicted octanol–water partition coefficient (Wildman–Crippen LogP) is 22.0. The smallest absolute Gasteiger partial charge is 0.306 e. The molecule has 0 heterocycles. The molecule has 1 unspecified atom stereocenters. The molecule has 0 spiro atoms. The lowest BCUT2D eigenvalue weighted by molar-refractivity contribution is -0.167. The van der Waals surface area contributed by atoms with E-state index in [0.717, 1.165) is 122 Å². The monoisotopic (exact) mass is 1060 g/mol.